The highest BCUT2D eigenvalue weighted by atomic mass is 16.5. The first-order valence-corrected chi connectivity index (χ1v) is 18.7. The minimum Gasteiger partial charge on any atom is -0.494 e. The fraction of sp³-hybridized carbons (Fsp3) is 0.444. The highest BCUT2D eigenvalue weighted by Gasteiger charge is 2.35. The first-order valence-electron chi connectivity index (χ1n) is 18.7. The number of esters is 1. The quantitative estimate of drug-likeness (QED) is 0.0460. The molecule has 1 N–H and O–H groups in total. The molecule has 0 aliphatic rings. The molecular formula is C45H59N3O3. The second-order valence-electron chi connectivity index (χ2n) is 15.3. The summed E-state index contributed by atoms with van der Waals surface area (Å²) in [5, 5.41) is 15.2. The smallest absolute Gasteiger partial charge is 0.333 e. The zero-order valence-electron chi connectivity index (χ0n) is 32.1. The van der Waals surface area contributed by atoms with Gasteiger partial charge < -0.3 is 14.8 Å². The lowest BCUT2D eigenvalue weighted by atomic mass is 9.64. The number of aryl methyl sites for hydroxylation is 1. The third kappa shape index (κ3) is 11.5. The molecule has 6 nitrogen and oxygen atoms in total. The summed E-state index contributed by atoms with van der Waals surface area (Å²) >= 11 is 0. The van der Waals surface area contributed by atoms with Crippen LogP contribution < -0.4 is 10.1 Å². The van der Waals surface area contributed by atoms with Gasteiger partial charge in [-0.05, 0) is 90.6 Å². The van der Waals surface area contributed by atoms with E-state index in [1.165, 1.54) is 48.8 Å². The van der Waals surface area contributed by atoms with Crippen LogP contribution in [-0.4, -0.2) is 19.2 Å². The summed E-state index contributed by atoms with van der Waals surface area (Å²) in [6, 6.07) is 27.3. The van der Waals surface area contributed by atoms with E-state index < -0.39 is 0 Å². The first kappa shape index (κ1) is 39.3. The maximum atomic E-state index is 11.4. The van der Waals surface area contributed by atoms with E-state index in [1.807, 2.05) is 6.07 Å². The van der Waals surface area contributed by atoms with Crippen LogP contribution in [0.1, 0.15) is 110 Å². The molecule has 0 aliphatic heterocycles. The lowest BCUT2D eigenvalue weighted by molar-refractivity contribution is -0.139. The van der Waals surface area contributed by atoms with Crippen molar-refractivity contribution in [2.75, 3.05) is 18.5 Å². The fourth-order valence-corrected chi connectivity index (χ4v) is 6.10. The Hall–Kier alpha value is -4.45. The maximum absolute atomic E-state index is 11.4. The molecule has 4 aromatic rings. The van der Waals surface area contributed by atoms with Gasteiger partial charge in [-0.1, -0.05) is 122 Å². The molecule has 0 spiro atoms. The average molecular weight is 690 g/mol. The lowest BCUT2D eigenvalue weighted by Crippen LogP contribution is -2.34. The average Bonchev–Trinajstić information content (AvgIpc) is 3.10. The number of benzene rings is 4. The number of ether oxygens (including phenoxy) is 2. The molecule has 0 aliphatic carbocycles. The maximum Gasteiger partial charge on any atom is 0.333 e. The van der Waals surface area contributed by atoms with E-state index in [4.69, 9.17) is 14.6 Å². The highest BCUT2D eigenvalue weighted by molar-refractivity contribution is 6.00. The molecule has 0 heterocycles. The third-order valence-electron chi connectivity index (χ3n) is 10.2. The van der Waals surface area contributed by atoms with Gasteiger partial charge in [0.05, 0.1) is 24.6 Å². The fourth-order valence-electron chi connectivity index (χ4n) is 6.10. The van der Waals surface area contributed by atoms with Crippen LogP contribution in [0.5, 0.6) is 5.75 Å². The van der Waals surface area contributed by atoms with Gasteiger partial charge in [-0.2, -0.15) is 5.11 Å². The second-order valence-corrected chi connectivity index (χ2v) is 15.3. The zero-order valence-corrected chi connectivity index (χ0v) is 32.1. The molecule has 0 saturated heterocycles. The van der Waals surface area contributed by atoms with Crippen molar-refractivity contribution in [1.29, 1.82) is 0 Å². The van der Waals surface area contributed by atoms with Crippen molar-refractivity contribution < 1.29 is 14.3 Å². The van der Waals surface area contributed by atoms with Crippen LogP contribution in [0.25, 0.3) is 10.8 Å². The molecule has 0 unspecified atom stereocenters. The standard InChI is InChI=1S/C45H59N3O3/c1-33(2)43(49)51-30-18-14-12-10-9-11-13-17-29-50-37-24-21-35(22-25-37)32-46-41-27-28-42(39-20-16-15-19-38(39)41)48-47-36-23-26-40(34(3)31-36)45(7,8)44(4,5)6/h15-16,19-28,31,46H,1,9-14,17-18,29-30,32H2,2-8H3. The van der Waals surface area contributed by atoms with Crippen LogP contribution in [0, 0.1) is 12.3 Å². The predicted molar refractivity (Wildman–Crippen MR) is 214 cm³/mol. The van der Waals surface area contributed by atoms with Crippen LogP contribution in [0.2, 0.25) is 0 Å². The van der Waals surface area contributed by atoms with Crippen LogP contribution >= 0.6 is 0 Å². The van der Waals surface area contributed by atoms with E-state index in [0.29, 0.717) is 18.7 Å². The summed E-state index contributed by atoms with van der Waals surface area (Å²) in [5.41, 5.74) is 7.20. The predicted octanol–water partition coefficient (Wildman–Crippen LogP) is 13.1. The van der Waals surface area contributed by atoms with Crippen LogP contribution in [0.15, 0.2) is 101 Å². The molecular weight excluding hydrogens is 631 g/mol. The number of azo groups is 1. The minimum atomic E-state index is -0.287. The van der Waals surface area contributed by atoms with E-state index in [2.05, 4.69) is 131 Å². The minimum absolute atomic E-state index is 0.0385. The highest BCUT2D eigenvalue weighted by Crippen LogP contribution is 2.43. The van der Waals surface area contributed by atoms with Crippen LogP contribution in [-0.2, 0) is 21.5 Å². The molecule has 0 amide bonds. The van der Waals surface area contributed by atoms with Gasteiger partial charge in [0, 0.05) is 28.6 Å². The lowest BCUT2D eigenvalue weighted by Gasteiger charge is -2.40. The number of anilines is 1. The van der Waals surface area contributed by atoms with Gasteiger partial charge in [0.15, 0.2) is 0 Å². The number of hydrogen-bond donors (Lipinski definition) is 1. The van der Waals surface area contributed by atoms with Gasteiger partial charge in [0.1, 0.15) is 5.75 Å². The molecule has 51 heavy (non-hydrogen) atoms. The van der Waals surface area contributed by atoms with Gasteiger partial charge in [-0.3, -0.25) is 0 Å². The molecule has 0 atom stereocenters. The van der Waals surface area contributed by atoms with Crippen molar-refractivity contribution in [2.45, 2.75) is 112 Å². The Labute approximate surface area is 306 Å². The molecule has 4 aromatic carbocycles. The van der Waals surface area contributed by atoms with Crippen molar-refractivity contribution in [3.8, 4) is 5.75 Å². The Kier molecular flexibility index (Phi) is 14.4. The van der Waals surface area contributed by atoms with E-state index in [1.54, 1.807) is 6.92 Å². The topological polar surface area (TPSA) is 72.3 Å². The number of carbonyl (C=O) groups is 1. The van der Waals surface area contributed by atoms with Crippen molar-refractivity contribution >= 4 is 33.8 Å². The van der Waals surface area contributed by atoms with E-state index in [-0.39, 0.29) is 16.8 Å². The van der Waals surface area contributed by atoms with Gasteiger partial charge in [-0.15, -0.1) is 5.11 Å². The Balaban J connectivity index is 1.21. The van der Waals surface area contributed by atoms with Gasteiger partial charge >= 0.3 is 5.97 Å². The monoisotopic (exact) mass is 689 g/mol. The summed E-state index contributed by atoms with van der Waals surface area (Å²) < 4.78 is 11.1. The summed E-state index contributed by atoms with van der Waals surface area (Å²) in [6.45, 7) is 20.9. The molecule has 4 rings (SSSR count). The number of rotatable bonds is 19. The van der Waals surface area contributed by atoms with Crippen LogP contribution in [0.4, 0.5) is 17.1 Å². The van der Waals surface area contributed by atoms with E-state index >= 15 is 0 Å². The largest absolute Gasteiger partial charge is 0.494 e. The zero-order chi connectivity index (χ0) is 36.9. The summed E-state index contributed by atoms with van der Waals surface area (Å²) in [7, 11) is 0. The number of nitrogens with zero attached hydrogens (tertiary/aromatic N) is 2. The molecule has 0 saturated carbocycles. The number of hydrogen-bond acceptors (Lipinski definition) is 6. The van der Waals surface area contributed by atoms with Crippen LogP contribution in [0.3, 0.4) is 0 Å². The molecule has 6 heteroatoms. The molecule has 0 aromatic heterocycles. The molecule has 0 radical (unpaired) electrons. The molecule has 0 bridgehead atoms. The van der Waals surface area contributed by atoms with E-state index in [9.17, 15) is 4.79 Å². The van der Waals surface area contributed by atoms with Gasteiger partial charge in [0.2, 0.25) is 0 Å². The van der Waals surface area contributed by atoms with Crippen molar-refractivity contribution in [3.63, 3.8) is 0 Å². The number of nitrogens with one attached hydrogen (secondary N) is 1. The van der Waals surface area contributed by atoms with Crippen molar-refractivity contribution in [2.24, 2.45) is 15.6 Å². The summed E-state index contributed by atoms with van der Waals surface area (Å²) in [6.07, 6.45) is 9.12. The van der Waals surface area contributed by atoms with E-state index in [0.717, 1.165) is 59.5 Å². The normalized spacial score (nSPS) is 12.0. The Bertz CT molecular complexity index is 1770. The summed E-state index contributed by atoms with van der Waals surface area (Å²) in [4.78, 5) is 11.4. The van der Waals surface area contributed by atoms with Gasteiger partial charge in [-0.25, -0.2) is 4.79 Å². The first-order chi connectivity index (χ1) is 24.4. The Morgan fingerprint density at radius 2 is 1.37 bits per heavy atom. The molecule has 0 fully saturated rings. The molecule has 272 valence electrons. The Morgan fingerprint density at radius 1 is 0.745 bits per heavy atom. The number of carbonyl (C=O) groups excluding carboxylic acids is 1. The summed E-state index contributed by atoms with van der Waals surface area (Å²) in [5.74, 6) is 0.624. The number of unbranched alkanes of at least 4 members (excludes halogenated alkanes) is 7. The third-order valence-corrected chi connectivity index (χ3v) is 10.2. The second kappa shape index (κ2) is 18.7. The number of fused-ring (bicyclic) bond motifs is 1. The Morgan fingerprint density at radius 3 is 2.00 bits per heavy atom. The van der Waals surface area contributed by atoms with Gasteiger partial charge in [0.25, 0.3) is 0 Å². The van der Waals surface area contributed by atoms with Crippen molar-refractivity contribution in [1.82, 2.24) is 0 Å². The SMILES string of the molecule is C=C(C)C(=O)OCCCCCCCCCCOc1ccc(CNc2ccc(N=Nc3ccc(C(C)(C)C(C)(C)C)c(C)c3)c3ccccc23)cc1. The van der Waals surface area contributed by atoms with Crippen molar-refractivity contribution in [3.05, 3.63) is 108 Å².